The van der Waals surface area contributed by atoms with Gasteiger partial charge in [0.15, 0.2) is 6.10 Å². The van der Waals surface area contributed by atoms with Gasteiger partial charge >= 0.3 is 8.17 Å². The second kappa shape index (κ2) is 4.37. The van der Waals surface area contributed by atoms with Crippen LogP contribution in [0.3, 0.4) is 0 Å². The molecule has 14 heavy (non-hydrogen) atoms. The van der Waals surface area contributed by atoms with Gasteiger partial charge in [-0.1, -0.05) is 6.92 Å². The molecule has 0 amide bonds. The number of aliphatic hydroxyl groups excluding tert-OH is 1. The molecule has 4 atom stereocenters. The van der Waals surface area contributed by atoms with E-state index in [4.69, 9.17) is 19.4 Å². The largest absolute Gasteiger partial charge is 0.567 e. The molecule has 0 spiro atoms. The van der Waals surface area contributed by atoms with Gasteiger partial charge < -0.3 is 9.84 Å². The monoisotopic (exact) mass is 227 g/mol. The van der Waals surface area contributed by atoms with Crippen LogP contribution < -0.4 is 0 Å². The van der Waals surface area contributed by atoms with Crippen molar-refractivity contribution in [3.8, 4) is 0 Å². The fraction of sp³-hybridized carbons (Fsp3) is 1.00. The standard InChI is InChI=1S/C7H16O6P/c1-3-5-6(8)7(4(2)12-5)13-14(9,10)11/h4-11H,3H2,1-2H3/q+1. The zero-order valence-corrected chi connectivity index (χ0v) is 8.96. The molecule has 0 bridgehead atoms. The maximum Gasteiger partial charge on any atom is 0.567 e. The van der Waals surface area contributed by atoms with Gasteiger partial charge in [-0.25, -0.2) is 0 Å². The number of hydrogen-bond donors (Lipinski definition) is 4. The van der Waals surface area contributed by atoms with Gasteiger partial charge in [0, 0.05) is 0 Å². The van der Waals surface area contributed by atoms with Gasteiger partial charge in [0.1, 0.15) is 6.10 Å². The lowest BCUT2D eigenvalue weighted by Gasteiger charge is -2.15. The first-order valence-corrected chi connectivity index (χ1v) is 6.01. The predicted octanol–water partition coefficient (Wildman–Crippen LogP) is -0.416. The fourth-order valence-electron chi connectivity index (χ4n) is 1.57. The smallest absolute Gasteiger partial charge is 0.387 e. The highest BCUT2D eigenvalue weighted by Gasteiger charge is 2.50. The van der Waals surface area contributed by atoms with Crippen molar-refractivity contribution in [3.63, 3.8) is 0 Å². The molecule has 1 saturated heterocycles. The van der Waals surface area contributed by atoms with Crippen molar-refractivity contribution in [2.45, 2.75) is 44.7 Å². The highest BCUT2D eigenvalue weighted by atomic mass is 31.2. The summed E-state index contributed by atoms with van der Waals surface area (Å²) < 4.78 is 9.85. The molecule has 0 aromatic heterocycles. The molecule has 0 radical (unpaired) electrons. The number of aliphatic hydroxyl groups is 1. The first kappa shape index (κ1) is 12.3. The van der Waals surface area contributed by atoms with Crippen molar-refractivity contribution in [2.24, 2.45) is 0 Å². The van der Waals surface area contributed by atoms with Crippen molar-refractivity contribution in [1.29, 1.82) is 0 Å². The average molecular weight is 227 g/mol. The summed E-state index contributed by atoms with van der Waals surface area (Å²) in [6.07, 6.45) is -2.10. The van der Waals surface area contributed by atoms with Crippen LogP contribution in [0.4, 0.5) is 0 Å². The van der Waals surface area contributed by atoms with Gasteiger partial charge in [0.05, 0.1) is 12.2 Å². The third-order valence-corrected chi connectivity index (χ3v) is 2.76. The quantitative estimate of drug-likeness (QED) is 0.489. The molecule has 4 unspecified atom stereocenters. The molecule has 7 heteroatoms. The molecule has 1 aliphatic rings. The molecule has 1 rings (SSSR count). The summed E-state index contributed by atoms with van der Waals surface area (Å²) in [4.78, 5) is 26.1. The van der Waals surface area contributed by atoms with Crippen LogP contribution in [0.1, 0.15) is 20.3 Å². The summed E-state index contributed by atoms with van der Waals surface area (Å²) in [5.74, 6) is 0. The number of rotatable bonds is 3. The Hall–Kier alpha value is 0.190. The van der Waals surface area contributed by atoms with E-state index in [0.717, 1.165) is 0 Å². The van der Waals surface area contributed by atoms with E-state index in [2.05, 4.69) is 4.52 Å². The minimum Gasteiger partial charge on any atom is -0.387 e. The second-order valence-corrected chi connectivity index (χ2v) is 4.60. The molecule has 0 aromatic carbocycles. The minimum absolute atomic E-state index is 0.387. The van der Waals surface area contributed by atoms with E-state index in [1.54, 1.807) is 6.92 Å². The van der Waals surface area contributed by atoms with Crippen LogP contribution in [0.5, 0.6) is 0 Å². The Morgan fingerprint density at radius 3 is 2.29 bits per heavy atom. The zero-order valence-electron chi connectivity index (χ0n) is 8.07. The van der Waals surface area contributed by atoms with Crippen LogP contribution in [0.15, 0.2) is 0 Å². The highest BCUT2D eigenvalue weighted by Crippen LogP contribution is 2.49. The van der Waals surface area contributed by atoms with E-state index in [1.165, 1.54) is 0 Å². The van der Waals surface area contributed by atoms with E-state index < -0.39 is 26.5 Å². The van der Waals surface area contributed by atoms with Crippen molar-refractivity contribution in [3.05, 3.63) is 0 Å². The van der Waals surface area contributed by atoms with Gasteiger partial charge in [-0.05, 0) is 13.3 Å². The van der Waals surface area contributed by atoms with Crippen LogP contribution in [-0.4, -0.2) is 44.2 Å². The van der Waals surface area contributed by atoms with E-state index >= 15 is 0 Å². The molecule has 6 nitrogen and oxygen atoms in total. The van der Waals surface area contributed by atoms with Crippen molar-refractivity contribution in [2.75, 3.05) is 0 Å². The fourth-order valence-corrected chi connectivity index (χ4v) is 2.19. The molecule has 0 saturated carbocycles. The Bertz CT molecular complexity index is 193. The SMILES string of the molecule is CCC1OC(C)C(O[P+](O)(O)O)C1O. The Morgan fingerprint density at radius 1 is 1.36 bits per heavy atom. The van der Waals surface area contributed by atoms with Gasteiger partial charge in [-0.2, -0.15) is 14.7 Å². The number of hydrogen-bond acceptors (Lipinski definition) is 6. The maximum absolute atomic E-state index is 9.62. The van der Waals surface area contributed by atoms with Gasteiger partial charge in [-0.15, -0.1) is 4.52 Å². The summed E-state index contributed by atoms with van der Waals surface area (Å²) in [7, 11) is -4.32. The Labute approximate surface area is 82.8 Å². The molecule has 84 valence electrons. The van der Waals surface area contributed by atoms with Gasteiger partial charge in [0.2, 0.25) is 0 Å². The summed E-state index contributed by atoms with van der Waals surface area (Å²) in [5.41, 5.74) is 0. The lowest BCUT2D eigenvalue weighted by molar-refractivity contribution is 0.0144. The predicted molar refractivity (Wildman–Crippen MR) is 49.1 cm³/mol. The molecular weight excluding hydrogens is 211 g/mol. The highest BCUT2D eigenvalue weighted by molar-refractivity contribution is 7.53. The minimum atomic E-state index is -4.32. The first-order valence-electron chi connectivity index (χ1n) is 4.44. The van der Waals surface area contributed by atoms with Crippen molar-refractivity contribution < 1.29 is 29.0 Å². The molecule has 1 fully saturated rings. The summed E-state index contributed by atoms with van der Waals surface area (Å²) >= 11 is 0. The van der Waals surface area contributed by atoms with E-state index in [0.29, 0.717) is 6.42 Å². The average Bonchev–Trinajstić information content (AvgIpc) is 2.29. The van der Waals surface area contributed by atoms with Crippen LogP contribution in [-0.2, 0) is 9.26 Å². The molecule has 1 heterocycles. The zero-order chi connectivity index (χ0) is 10.9. The summed E-state index contributed by atoms with van der Waals surface area (Å²) in [5, 5.41) is 9.62. The topological polar surface area (TPSA) is 99.4 Å². The Balaban J connectivity index is 2.61. The lowest BCUT2D eigenvalue weighted by Crippen LogP contribution is -2.34. The van der Waals surface area contributed by atoms with Gasteiger partial charge in [0.25, 0.3) is 0 Å². The van der Waals surface area contributed by atoms with Crippen molar-refractivity contribution >= 4 is 8.17 Å². The lowest BCUT2D eigenvalue weighted by atomic mass is 10.1. The Morgan fingerprint density at radius 2 is 1.93 bits per heavy atom. The van der Waals surface area contributed by atoms with Crippen molar-refractivity contribution in [1.82, 2.24) is 0 Å². The van der Waals surface area contributed by atoms with Gasteiger partial charge in [-0.3, -0.25) is 0 Å². The van der Waals surface area contributed by atoms with Crippen LogP contribution >= 0.6 is 8.17 Å². The van der Waals surface area contributed by atoms with E-state index in [1.807, 2.05) is 6.92 Å². The second-order valence-electron chi connectivity index (χ2n) is 3.36. The third-order valence-electron chi connectivity index (χ3n) is 2.24. The summed E-state index contributed by atoms with van der Waals surface area (Å²) in [6, 6.07) is 0. The Kier molecular flexibility index (Phi) is 3.82. The van der Waals surface area contributed by atoms with Crippen LogP contribution in [0, 0.1) is 0 Å². The molecule has 4 N–H and O–H groups in total. The molecular formula is C7H16O6P+. The maximum atomic E-state index is 9.62. The summed E-state index contributed by atoms with van der Waals surface area (Å²) in [6.45, 7) is 3.47. The molecule has 0 aliphatic carbocycles. The normalized spacial score (nSPS) is 39.0. The van der Waals surface area contributed by atoms with E-state index in [9.17, 15) is 5.11 Å². The number of ether oxygens (including phenoxy) is 1. The first-order chi connectivity index (χ1) is 6.35. The molecule has 0 aromatic rings. The third kappa shape index (κ3) is 2.84. The molecule has 1 aliphatic heterocycles. The van der Waals surface area contributed by atoms with E-state index in [-0.39, 0.29) is 6.10 Å². The van der Waals surface area contributed by atoms with Crippen LogP contribution in [0.25, 0.3) is 0 Å². The van der Waals surface area contributed by atoms with Crippen LogP contribution in [0.2, 0.25) is 0 Å².